The normalized spacial score (nSPS) is 11.1. The van der Waals surface area contributed by atoms with Gasteiger partial charge in [0.15, 0.2) is 5.13 Å². The molecule has 9 heteroatoms. The number of anilines is 2. The van der Waals surface area contributed by atoms with E-state index in [0.29, 0.717) is 32.7 Å². The predicted molar refractivity (Wildman–Crippen MR) is 124 cm³/mol. The minimum absolute atomic E-state index is 0.0980. The standard InChI is InChI=1S/C22H16ClN3O3S2/c23-16-10-12-17(13-11-16)31(28,29)26-19-9-5-4-8-18(19)20-14-30-22(24-20)25-21(27)15-6-2-1-3-7-15/h1-14,26H,(H,24,25,27). The van der Waals surface area contributed by atoms with Crippen molar-refractivity contribution in [1.82, 2.24) is 4.98 Å². The summed E-state index contributed by atoms with van der Waals surface area (Å²) in [5.74, 6) is -0.266. The summed E-state index contributed by atoms with van der Waals surface area (Å²) in [6.45, 7) is 0. The number of hydrogen-bond donors (Lipinski definition) is 2. The van der Waals surface area contributed by atoms with Crippen LogP contribution in [0.15, 0.2) is 89.1 Å². The number of benzene rings is 3. The molecule has 2 N–H and O–H groups in total. The first-order valence-corrected chi connectivity index (χ1v) is 11.9. The molecule has 0 spiro atoms. The number of amides is 1. The SMILES string of the molecule is O=C(Nc1nc(-c2ccccc2NS(=O)(=O)c2ccc(Cl)cc2)cs1)c1ccccc1. The number of nitrogens with zero attached hydrogens (tertiary/aromatic N) is 1. The van der Waals surface area contributed by atoms with Crippen LogP contribution in [0.2, 0.25) is 5.02 Å². The number of carbonyl (C=O) groups excluding carboxylic acids is 1. The van der Waals surface area contributed by atoms with E-state index in [4.69, 9.17) is 11.6 Å². The van der Waals surface area contributed by atoms with Gasteiger partial charge in [-0.1, -0.05) is 48.0 Å². The van der Waals surface area contributed by atoms with Crippen molar-refractivity contribution in [3.63, 3.8) is 0 Å². The van der Waals surface area contributed by atoms with Crippen molar-refractivity contribution in [1.29, 1.82) is 0 Å². The van der Waals surface area contributed by atoms with E-state index in [0.717, 1.165) is 0 Å². The smallest absolute Gasteiger partial charge is 0.261 e. The van der Waals surface area contributed by atoms with Crippen molar-refractivity contribution in [2.45, 2.75) is 4.90 Å². The molecule has 0 aliphatic rings. The fourth-order valence-corrected chi connectivity index (χ4v) is 4.74. The van der Waals surface area contributed by atoms with Gasteiger partial charge >= 0.3 is 0 Å². The molecule has 0 saturated carbocycles. The topological polar surface area (TPSA) is 88.2 Å². The zero-order valence-corrected chi connectivity index (χ0v) is 18.3. The van der Waals surface area contributed by atoms with E-state index in [-0.39, 0.29) is 10.8 Å². The Morgan fingerprint density at radius 1 is 0.903 bits per heavy atom. The van der Waals surface area contributed by atoms with Crippen LogP contribution in [0.5, 0.6) is 0 Å². The molecule has 0 fully saturated rings. The lowest BCUT2D eigenvalue weighted by Crippen LogP contribution is -2.13. The van der Waals surface area contributed by atoms with Crippen LogP contribution in [0.25, 0.3) is 11.3 Å². The number of carbonyl (C=O) groups is 1. The maximum absolute atomic E-state index is 12.8. The molecule has 31 heavy (non-hydrogen) atoms. The highest BCUT2D eigenvalue weighted by Crippen LogP contribution is 2.32. The maximum Gasteiger partial charge on any atom is 0.261 e. The van der Waals surface area contributed by atoms with E-state index in [1.165, 1.54) is 35.6 Å². The third-order valence-electron chi connectivity index (χ3n) is 4.33. The first kappa shape index (κ1) is 21.0. The number of thiazole rings is 1. The number of hydrogen-bond acceptors (Lipinski definition) is 5. The largest absolute Gasteiger partial charge is 0.298 e. The Labute approximate surface area is 188 Å². The quantitative estimate of drug-likeness (QED) is 0.389. The summed E-state index contributed by atoms with van der Waals surface area (Å²) >= 11 is 7.11. The molecule has 1 aromatic heterocycles. The lowest BCUT2D eigenvalue weighted by molar-refractivity contribution is 0.102. The summed E-state index contributed by atoms with van der Waals surface area (Å²) in [5, 5.41) is 5.39. The summed E-state index contributed by atoms with van der Waals surface area (Å²) in [7, 11) is -3.81. The fourth-order valence-electron chi connectivity index (χ4n) is 2.83. The number of aromatic nitrogens is 1. The van der Waals surface area contributed by atoms with E-state index in [9.17, 15) is 13.2 Å². The molecular weight excluding hydrogens is 454 g/mol. The third kappa shape index (κ3) is 4.93. The Kier molecular flexibility index (Phi) is 6.03. The van der Waals surface area contributed by atoms with Gasteiger partial charge in [0, 0.05) is 21.5 Å². The van der Waals surface area contributed by atoms with Gasteiger partial charge in [-0.3, -0.25) is 14.8 Å². The average molecular weight is 470 g/mol. The average Bonchev–Trinajstić information content (AvgIpc) is 3.23. The molecule has 0 bridgehead atoms. The van der Waals surface area contributed by atoms with Gasteiger partial charge in [0.2, 0.25) is 0 Å². The van der Waals surface area contributed by atoms with Crippen LogP contribution in [0.3, 0.4) is 0 Å². The number of nitrogens with one attached hydrogen (secondary N) is 2. The fraction of sp³-hybridized carbons (Fsp3) is 0. The third-order valence-corrected chi connectivity index (χ3v) is 6.72. The molecule has 1 amide bonds. The molecular formula is C22H16ClN3O3S2. The number of halogens is 1. The second-order valence-electron chi connectivity index (χ2n) is 6.46. The van der Waals surface area contributed by atoms with Gasteiger partial charge in [0.25, 0.3) is 15.9 Å². The second kappa shape index (κ2) is 8.89. The molecule has 4 rings (SSSR count). The molecule has 6 nitrogen and oxygen atoms in total. The Hall–Kier alpha value is -3.20. The number of sulfonamides is 1. The second-order valence-corrected chi connectivity index (χ2v) is 9.44. The van der Waals surface area contributed by atoms with E-state index < -0.39 is 10.0 Å². The summed E-state index contributed by atoms with van der Waals surface area (Å²) < 4.78 is 28.2. The van der Waals surface area contributed by atoms with E-state index in [2.05, 4.69) is 15.0 Å². The lowest BCUT2D eigenvalue weighted by Gasteiger charge is -2.11. The van der Waals surface area contributed by atoms with Gasteiger partial charge in [-0.2, -0.15) is 0 Å². The molecule has 0 atom stereocenters. The van der Waals surface area contributed by atoms with Crippen molar-refractivity contribution in [2.75, 3.05) is 10.0 Å². The van der Waals surface area contributed by atoms with Crippen molar-refractivity contribution < 1.29 is 13.2 Å². The zero-order valence-electron chi connectivity index (χ0n) is 15.9. The summed E-state index contributed by atoms with van der Waals surface area (Å²) in [6, 6.07) is 21.7. The van der Waals surface area contributed by atoms with Crippen LogP contribution in [0.4, 0.5) is 10.8 Å². The lowest BCUT2D eigenvalue weighted by atomic mass is 10.1. The Bertz CT molecular complexity index is 1320. The van der Waals surface area contributed by atoms with Gasteiger partial charge in [0.1, 0.15) is 0 Å². The first-order valence-electron chi connectivity index (χ1n) is 9.12. The van der Waals surface area contributed by atoms with Gasteiger partial charge in [0.05, 0.1) is 16.3 Å². The van der Waals surface area contributed by atoms with Gasteiger partial charge in [-0.25, -0.2) is 13.4 Å². The van der Waals surface area contributed by atoms with Gasteiger partial charge in [-0.15, -0.1) is 11.3 Å². The Balaban J connectivity index is 1.58. The highest BCUT2D eigenvalue weighted by Gasteiger charge is 2.18. The van der Waals surface area contributed by atoms with Gasteiger partial charge < -0.3 is 0 Å². The summed E-state index contributed by atoms with van der Waals surface area (Å²) in [6.07, 6.45) is 0. The molecule has 156 valence electrons. The molecule has 0 aliphatic carbocycles. The molecule has 3 aromatic carbocycles. The minimum atomic E-state index is -3.81. The Morgan fingerprint density at radius 3 is 2.32 bits per heavy atom. The van der Waals surface area contributed by atoms with Crippen LogP contribution < -0.4 is 10.0 Å². The van der Waals surface area contributed by atoms with Crippen LogP contribution in [0, 0.1) is 0 Å². The first-order chi connectivity index (χ1) is 14.9. The monoisotopic (exact) mass is 469 g/mol. The van der Waals surface area contributed by atoms with Crippen molar-refractivity contribution in [2.24, 2.45) is 0 Å². The van der Waals surface area contributed by atoms with Crippen molar-refractivity contribution in [3.8, 4) is 11.3 Å². The zero-order chi connectivity index (χ0) is 21.8. The van der Waals surface area contributed by atoms with Crippen molar-refractivity contribution in [3.05, 3.63) is 94.8 Å². The summed E-state index contributed by atoms with van der Waals surface area (Å²) in [4.78, 5) is 16.9. The maximum atomic E-state index is 12.8. The molecule has 1 heterocycles. The minimum Gasteiger partial charge on any atom is -0.298 e. The highest BCUT2D eigenvalue weighted by atomic mass is 35.5. The van der Waals surface area contributed by atoms with Crippen LogP contribution >= 0.6 is 22.9 Å². The highest BCUT2D eigenvalue weighted by molar-refractivity contribution is 7.92. The molecule has 0 aliphatic heterocycles. The Morgan fingerprint density at radius 2 is 1.58 bits per heavy atom. The predicted octanol–water partition coefficient (Wildman–Crippen LogP) is 5.52. The molecule has 0 unspecified atom stereocenters. The van der Waals surface area contributed by atoms with E-state index in [1.54, 1.807) is 53.9 Å². The molecule has 0 radical (unpaired) electrons. The summed E-state index contributed by atoms with van der Waals surface area (Å²) in [5.41, 5.74) is 2.04. The number of rotatable bonds is 6. The molecule has 4 aromatic rings. The van der Waals surface area contributed by atoms with E-state index >= 15 is 0 Å². The van der Waals surface area contributed by atoms with E-state index in [1.807, 2.05) is 6.07 Å². The van der Waals surface area contributed by atoms with Crippen LogP contribution in [-0.2, 0) is 10.0 Å². The number of para-hydroxylation sites is 1. The van der Waals surface area contributed by atoms with Crippen LogP contribution in [0.1, 0.15) is 10.4 Å². The van der Waals surface area contributed by atoms with Crippen molar-refractivity contribution >= 4 is 49.7 Å². The molecule has 0 saturated heterocycles. The van der Waals surface area contributed by atoms with Crippen LogP contribution in [-0.4, -0.2) is 19.3 Å². The van der Waals surface area contributed by atoms with Gasteiger partial charge in [-0.05, 0) is 42.5 Å².